The maximum Gasteiger partial charge on any atom is 0.413 e. The molecule has 0 unspecified atom stereocenters. The van der Waals surface area contributed by atoms with E-state index in [0.717, 1.165) is 0 Å². The van der Waals surface area contributed by atoms with Crippen molar-refractivity contribution in [2.24, 2.45) is 0 Å². The monoisotopic (exact) mass is 361 g/mol. The average molecular weight is 363 g/mol. The molecule has 0 aliphatic rings. The highest BCUT2D eigenvalue weighted by Crippen LogP contribution is 2.33. The molecule has 1 aromatic rings. The van der Waals surface area contributed by atoms with Crippen LogP contribution in [0, 0.1) is 0 Å². The minimum absolute atomic E-state index is 0.0934. The molecule has 0 saturated carbocycles. The van der Waals surface area contributed by atoms with Gasteiger partial charge in [-0.05, 0) is 5.56 Å². The minimum Gasteiger partial charge on any atom is -0.465 e. The maximum atomic E-state index is 13.2. The van der Waals surface area contributed by atoms with Gasteiger partial charge in [-0.25, -0.2) is 4.79 Å². The van der Waals surface area contributed by atoms with E-state index >= 15 is 0 Å². The van der Waals surface area contributed by atoms with Crippen LogP contribution in [0.1, 0.15) is 5.56 Å². The highest BCUT2D eigenvalue weighted by Gasteiger charge is 2.47. The molecule has 21 heavy (non-hydrogen) atoms. The van der Waals surface area contributed by atoms with Crippen LogP contribution < -0.4 is 0 Å². The Labute approximate surface area is 133 Å². The van der Waals surface area contributed by atoms with Crippen molar-refractivity contribution in [1.82, 2.24) is 4.90 Å². The van der Waals surface area contributed by atoms with Gasteiger partial charge >= 0.3 is 12.3 Å². The highest BCUT2D eigenvalue weighted by atomic mass is 35.5. The van der Waals surface area contributed by atoms with E-state index in [1.165, 1.54) is 12.1 Å². The summed E-state index contributed by atoms with van der Waals surface area (Å²) in [6.07, 6.45) is -7.37. The van der Waals surface area contributed by atoms with Gasteiger partial charge in [-0.1, -0.05) is 65.1 Å². The Hall–Kier alpha value is -1.11. The summed E-state index contributed by atoms with van der Waals surface area (Å²) < 4.78 is 38.7. The quantitative estimate of drug-likeness (QED) is 0.767. The van der Waals surface area contributed by atoms with Crippen LogP contribution in [-0.2, 0) is 6.42 Å². The summed E-state index contributed by atoms with van der Waals surface area (Å²) in [7, 11) is 0. The molecule has 3 nitrogen and oxygen atoms in total. The Balaban J connectivity index is 3.23. The van der Waals surface area contributed by atoms with Gasteiger partial charge in [0.1, 0.15) is 15.7 Å². The summed E-state index contributed by atoms with van der Waals surface area (Å²) in [5.74, 6) is 0. The number of rotatable bonds is 4. The van der Waals surface area contributed by atoms with Gasteiger partial charge in [0.05, 0.1) is 0 Å². The molecule has 0 heterocycles. The summed E-state index contributed by atoms with van der Waals surface area (Å²) in [5.41, 5.74) is 0.293. The zero-order valence-electron chi connectivity index (χ0n) is 10.2. The van der Waals surface area contributed by atoms with Gasteiger partial charge in [-0.15, -0.1) is 0 Å². The summed E-state index contributed by atoms with van der Waals surface area (Å²) in [6.45, 7) is 0. The average Bonchev–Trinajstić information content (AvgIpc) is 2.37. The van der Waals surface area contributed by atoms with E-state index in [1.807, 2.05) is 0 Å². The van der Waals surface area contributed by atoms with Crippen LogP contribution >= 0.6 is 34.8 Å². The second-order valence-corrected chi connectivity index (χ2v) is 5.26. The molecule has 1 atom stereocenters. The Bertz CT molecular complexity index is 530. The van der Waals surface area contributed by atoms with E-state index in [4.69, 9.17) is 39.9 Å². The van der Waals surface area contributed by atoms with Crippen molar-refractivity contribution in [2.45, 2.75) is 18.6 Å². The predicted molar refractivity (Wildman–Crippen MR) is 74.4 cm³/mol. The molecule has 9 heteroatoms. The standard InChI is InChI=1S/C12H9Cl3F3NO2/c13-9(14)10(15)19(11(20)21)8(12(16,17)18)6-7-4-2-1-3-5-7/h1-5,8H,6H2,(H,20,21)/t8-/m1/s1. The molecule has 1 N–H and O–H groups in total. The topological polar surface area (TPSA) is 40.5 Å². The zero-order valence-corrected chi connectivity index (χ0v) is 12.5. The fraction of sp³-hybridized carbons (Fsp3) is 0.250. The highest BCUT2D eigenvalue weighted by molar-refractivity contribution is 6.59. The van der Waals surface area contributed by atoms with Crippen LogP contribution in [0.3, 0.4) is 0 Å². The van der Waals surface area contributed by atoms with Crippen molar-refractivity contribution < 1.29 is 23.1 Å². The van der Waals surface area contributed by atoms with E-state index < -0.39 is 34.4 Å². The second-order valence-electron chi connectivity index (χ2n) is 3.95. The van der Waals surface area contributed by atoms with Crippen LogP contribution in [0.2, 0.25) is 0 Å². The molecule has 0 aliphatic carbocycles. The summed E-state index contributed by atoms with van der Waals surface area (Å²) >= 11 is 16.1. The van der Waals surface area contributed by atoms with Crippen molar-refractivity contribution in [3.63, 3.8) is 0 Å². The molecule has 0 spiro atoms. The lowest BCUT2D eigenvalue weighted by atomic mass is 10.0. The third-order valence-corrected chi connectivity index (χ3v) is 3.46. The van der Waals surface area contributed by atoms with Gasteiger partial charge in [0, 0.05) is 6.42 Å². The Morgan fingerprint density at radius 3 is 2.10 bits per heavy atom. The van der Waals surface area contributed by atoms with Gasteiger partial charge in [-0.3, -0.25) is 4.90 Å². The summed E-state index contributed by atoms with van der Waals surface area (Å²) in [6, 6.07) is 5.19. The number of benzene rings is 1. The number of nitrogens with zero attached hydrogens (tertiary/aromatic N) is 1. The van der Waals surface area contributed by atoms with Crippen LogP contribution in [0.25, 0.3) is 0 Å². The normalized spacial score (nSPS) is 12.7. The number of halogens is 6. The van der Waals surface area contributed by atoms with E-state index in [-0.39, 0.29) is 4.90 Å². The van der Waals surface area contributed by atoms with Crippen molar-refractivity contribution in [3.8, 4) is 0 Å². The minimum atomic E-state index is -4.85. The van der Waals surface area contributed by atoms with E-state index in [2.05, 4.69) is 0 Å². The first-order valence-electron chi connectivity index (χ1n) is 5.48. The third kappa shape index (κ3) is 4.98. The lowest BCUT2D eigenvalue weighted by Gasteiger charge is -2.30. The number of carbonyl (C=O) groups is 1. The van der Waals surface area contributed by atoms with E-state index in [1.54, 1.807) is 18.2 Å². The molecule has 1 rings (SSSR count). The smallest absolute Gasteiger partial charge is 0.413 e. The number of hydrogen-bond acceptors (Lipinski definition) is 1. The summed E-state index contributed by atoms with van der Waals surface area (Å²) in [4.78, 5) is 11.0. The van der Waals surface area contributed by atoms with Crippen molar-refractivity contribution in [1.29, 1.82) is 0 Å². The van der Waals surface area contributed by atoms with Crippen LogP contribution in [0.5, 0.6) is 0 Å². The van der Waals surface area contributed by atoms with Crippen LogP contribution in [-0.4, -0.2) is 28.3 Å². The number of amides is 1. The number of alkyl halides is 3. The van der Waals surface area contributed by atoms with Gasteiger partial charge in [0.2, 0.25) is 0 Å². The molecule has 0 aliphatic heterocycles. The first-order valence-corrected chi connectivity index (χ1v) is 6.61. The van der Waals surface area contributed by atoms with Gasteiger partial charge < -0.3 is 5.11 Å². The van der Waals surface area contributed by atoms with Crippen LogP contribution in [0.4, 0.5) is 18.0 Å². The molecule has 1 aromatic carbocycles. The molecule has 0 radical (unpaired) electrons. The molecule has 0 saturated heterocycles. The fourth-order valence-electron chi connectivity index (χ4n) is 1.64. The van der Waals surface area contributed by atoms with E-state index in [0.29, 0.717) is 5.56 Å². The largest absolute Gasteiger partial charge is 0.465 e. The number of hydrogen-bond donors (Lipinski definition) is 1. The first kappa shape index (κ1) is 17.9. The molecule has 0 bridgehead atoms. The lowest BCUT2D eigenvalue weighted by Crippen LogP contribution is -2.48. The second kappa shape index (κ2) is 7.24. The predicted octanol–water partition coefficient (Wildman–Crippen LogP) is 4.98. The van der Waals surface area contributed by atoms with E-state index in [9.17, 15) is 18.0 Å². The Morgan fingerprint density at radius 1 is 1.19 bits per heavy atom. The van der Waals surface area contributed by atoms with Crippen LogP contribution in [0.15, 0.2) is 40.0 Å². The van der Waals surface area contributed by atoms with Gasteiger partial charge in [0.25, 0.3) is 0 Å². The summed E-state index contributed by atoms with van der Waals surface area (Å²) in [5, 5.41) is 8.10. The molecule has 0 aromatic heterocycles. The zero-order chi connectivity index (χ0) is 16.2. The Morgan fingerprint density at radius 2 is 1.71 bits per heavy atom. The third-order valence-electron chi connectivity index (χ3n) is 2.53. The van der Waals surface area contributed by atoms with Crippen molar-refractivity contribution in [2.75, 3.05) is 0 Å². The van der Waals surface area contributed by atoms with Crippen molar-refractivity contribution in [3.05, 3.63) is 45.5 Å². The van der Waals surface area contributed by atoms with Gasteiger partial charge in [-0.2, -0.15) is 13.2 Å². The fourth-order valence-corrected chi connectivity index (χ4v) is 2.01. The molecule has 1 amide bonds. The first-order chi connectivity index (χ1) is 9.64. The molecule has 116 valence electrons. The SMILES string of the molecule is O=C(O)N(C(Cl)=C(Cl)Cl)[C@H](Cc1ccccc1)C(F)(F)F. The lowest BCUT2D eigenvalue weighted by molar-refractivity contribution is -0.172. The maximum absolute atomic E-state index is 13.2. The molecular weight excluding hydrogens is 353 g/mol. The molecule has 0 fully saturated rings. The Kier molecular flexibility index (Phi) is 6.19. The van der Waals surface area contributed by atoms with Crippen molar-refractivity contribution >= 4 is 40.9 Å². The molecular formula is C12H9Cl3F3NO2. The van der Waals surface area contributed by atoms with Gasteiger partial charge in [0.15, 0.2) is 0 Å². The number of carboxylic acid groups (broad SMARTS) is 1.